The summed E-state index contributed by atoms with van der Waals surface area (Å²) >= 11 is 1.77. The van der Waals surface area contributed by atoms with Crippen molar-refractivity contribution < 1.29 is 0 Å². The number of nitrogens with one attached hydrogen (secondary N) is 1. The minimum atomic E-state index is 0.178. The molecule has 1 aromatic heterocycles. The molecule has 1 saturated carbocycles. The maximum atomic E-state index is 4.68. The SMILES string of the molecule is CC1(CNCc2nc(C(C)(C)C)cs2)CC1. The third-order valence-electron chi connectivity index (χ3n) is 3.25. The van der Waals surface area contributed by atoms with Crippen molar-refractivity contribution in [3.63, 3.8) is 0 Å². The van der Waals surface area contributed by atoms with Crippen molar-refractivity contribution in [3.05, 3.63) is 16.1 Å². The second-order valence-electron chi connectivity index (χ2n) is 6.29. The minimum Gasteiger partial charge on any atom is -0.310 e. The zero-order chi connectivity index (χ0) is 11.8. The number of thiazole rings is 1. The second kappa shape index (κ2) is 4.11. The fraction of sp³-hybridized carbons (Fsp3) is 0.769. The monoisotopic (exact) mass is 238 g/mol. The number of hydrogen-bond donors (Lipinski definition) is 1. The first kappa shape index (κ1) is 12.1. The van der Waals surface area contributed by atoms with Crippen LogP contribution in [0.3, 0.4) is 0 Å². The standard InChI is InChI=1S/C13H22N2S/c1-12(2,3)10-8-16-11(15-10)7-14-9-13(4)5-6-13/h8,14H,5-7,9H2,1-4H3. The zero-order valence-electron chi connectivity index (χ0n) is 10.8. The van der Waals surface area contributed by atoms with Crippen LogP contribution in [0.2, 0.25) is 0 Å². The average Bonchev–Trinajstić information content (AvgIpc) is 2.73. The summed E-state index contributed by atoms with van der Waals surface area (Å²) in [6, 6.07) is 0. The molecular formula is C13H22N2S. The molecule has 2 rings (SSSR count). The van der Waals surface area contributed by atoms with Gasteiger partial charge in [-0.15, -0.1) is 11.3 Å². The number of aromatic nitrogens is 1. The van der Waals surface area contributed by atoms with E-state index in [0.29, 0.717) is 5.41 Å². The van der Waals surface area contributed by atoms with Gasteiger partial charge in [-0.3, -0.25) is 0 Å². The number of nitrogens with zero attached hydrogens (tertiary/aromatic N) is 1. The Morgan fingerprint density at radius 2 is 2.12 bits per heavy atom. The molecular weight excluding hydrogens is 216 g/mol. The highest BCUT2D eigenvalue weighted by molar-refractivity contribution is 7.09. The van der Waals surface area contributed by atoms with Crippen LogP contribution in [0.25, 0.3) is 0 Å². The first-order valence-corrected chi connectivity index (χ1v) is 6.93. The molecule has 2 nitrogen and oxygen atoms in total. The van der Waals surface area contributed by atoms with Crippen molar-refractivity contribution in [3.8, 4) is 0 Å². The smallest absolute Gasteiger partial charge is 0.107 e. The summed E-state index contributed by atoms with van der Waals surface area (Å²) in [5, 5.41) is 6.92. The van der Waals surface area contributed by atoms with E-state index < -0.39 is 0 Å². The molecule has 0 unspecified atom stereocenters. The Kier molecular flexibility index (Phi) is 3.10. The summed E-state index contributed by atoms with van der Waals surface area (Å²) in [5.74, 6) is 0. The molecule has 0 amide bonds. The van der Waals surface area contributed by atoms with Gasteiger partial charge in [0.25, 0.3) is 0 Å². The maximum absolute atomic E-state index is 4.68. The molecule has 0 radical (unpaired) electrons. The first-order chi connectivity index (χ1) is 7.39. The summed E-state index contributed by atoms with van der Waals surface area (Å²) < 4.78 is 0. The van der Waals surface area contributed by atoms with Gasteiger partial charge in [-0.05, 0) is 18.3 Å². The van der Waals surface area contributed by atoms with Gasteiger partial charge >= 0.3 is 0 Å². The van der Waals surface area contributed by atoms with Gasteiger partial charge in [0.15, 0.2) is 0 Å². The van der Waals surface area contributed by atoms with Crippen LogP contribution in [-0.2, 0) is 12.0 Å². The highest BCUT2D eigenvalue weighted by atomic mass is 32.1. The lowest BCUT2D eigenvalue weighted by Gasteiger charge is -2.14. The van der Waals surface area contributed by atoms with Gasteiger partial charge in [0.2, 0.25) is 0 Å². The van der Waals surface area contributed by atoms with Crippen LogP contribution in [0.4, 0.5) is 0 Å². The van der Waals surface area contributed by atoms with Gasteiger partial charge in [-0.1, -0.05) is 27.7 Å². The van der Waals surface area contributed by atoms with E-state index in [9.17, 15) is 0 Å². The van der Waals surface area contributed by atoms with Crippen LogP contribution in [-0.4, -0.2) is 11.5 Å². The third-order valence-corrected chi connectivity index (χ3v) is 4.10. The summed E-state index contributed by atoms with van der Waals surface area (Å²) in [5.41, 5.74) is 1.98. The minimum absolute atomic E-state index is 0.178. The van der Waals surface area contributed by atoms with Crippen molar-refractivity contribution in [1.82, 2.24) is 10.3 Å². The van der Waals surface area contributed by atoms with E-state index in [1.54, 1.807) is 11.3 Å². The third kappa shape index (κ3) is 3.05. The highest BCUT2D eigenvalue weighted by Gasteiger charge is 2.36. The topological polar surface area (TPSA) is 24.9 Å². The Morgan fingerprint density at radius 1 is 1.44 bits per heavy atom. The van der Waals surface area contributed by atoms with Crippen LogP contribution in [0, 0.1) is 5.41 Å². The van der Waals surface area contributed by atoms with Crippen molar-refractivity contribution in [2.45, 2.75) is 52.5 Å². The summed E-state index contributed by atoms with van der Waals surface area (Å²) in [4.78, 5) is 4.68. The van der Waals surface area contributed by atoms with Crippen molar-refractivity contribution >= 4 is 11.3 Å². The Bertz CT molecular complexity index is 358. The molecule has 1 aliphatic rings. The lowest BCUT2D eigenvalue weighted by atomic mass is 9.93. The van der Waals surface area contributed by atoms with Crippen molar-refractivity contribution in [1.29, 1.82) is 0 Å². The largest absolute Gasteiger partial charge is 0.310 e. The highest BCUT2D eigenvalue weighted by Crippen LogP contribution is 2.44. The Hall–Kier alpha value is -0.410. The van der Waals surface area contributed by atoms with E-state index in [1.165, 1.54) is 23.5 Å². The van der Waals surface area contributed by atoms with Gasteiger partial charge < -0.3 is 5.32 Å². The molecule has 90 valence electrons. The fourth-order valence-corrected chi connectivity index (χ4v) is 2.59. The first-order valence-electron chi connectivity index (χ1n) is 6.05. The molecule has 1 fully saturated rings. The van der Waals surface area contributed by atoms with Crippen LogP contribution in [0.15, 0.2) is 5.38 Å². The van der Waals surface area contributed by atoms with Gasteiger partial charge in [-0.2, -0.15) is 0 Å². The molecule has 0 atom stereocenters. The molecule has 16 heavy (non-hydrogen) atoms. The van der Waals surface area contributed by atoms with E-state index in [-0.39, 0.29) is 5.41 Å². The lowest BCUT2D eigenvalue weighted by molar-refractivity contribution is 0.497. The molecule has 0 bridgehead atoms. The fourth-order valence-electron chi connectivity index (χ4n) is 1.60. The van der Waals surface area contributed by atoms with E-state index in [0.717, 1.165) is 13.1 Å². The van der Waals surface area contributed by atoms with E-state index in [1.807, 2.05) is 0 Å². The second-order valence-corrected chi connectivity index (χ2v) is 7.23. The summed E-state index contributed by atoms with van der Waals surface area (Å²) in [6.45, 7) is 11.1. The molecule has 1 heterocycles. The van der Waals surface area contributed by atoms with E-state index >= 15 is 0 Å². The molecule has 1 aromatic rings. The lowest BCUT2D eigenvalue weighted by Crippen LogP contribution is -2.21. The van der Waals surface area contributed by atoms with E-state index in [2.05, 4.69) is 43.4 Å². The maximum Gasteiger partial charge on any atom is 0.107 e. The molecule has 0 aliphatic heterocycles. The Balaban J connectivity index is 1.83. The van der Waals surface area contributed by atoms with E-state index in [4.69, 9.17) is 0 Å². The number of hydrogen-bond acceptors (Lipinski definition) is 3. The van der Waals surface area contributed by atoms with Crippen molar-refractivity contribution in [2.75, 3.05) is 6.54 Å². The normalized spacial score (nSPS) is 18.8. The Morgan fingerprint density at radius 3 is 2.62 bits per heavy atom. The summed E-state index contributed by atoms with van der Waals surface area (Å²) in [7, 11) is 0. The van der Waals surface area contributed by atoms with Crippen molar-refractivity contribution in [2.24, 2.45) is 5.41 Å². The molecule has 0 saturated heterocycles. The predicted octanol–water partition coefficient (Wildman–Crippen LogP) is 3.33. The molecule has 1 N–H and O–H groups in total. The molecule has 0 spiro atoms. The molecule has 1 aliphatic carbocycles. The van der Waals surface area contributed by atoms with Crippen LogP contribution < -0.4 is 5.32 Å². The van der Waals surface area contributed by atoms with Gasteiger partial charge in [0.05, 0.1) is 5.69 Å². The number of rotatable bonds is 4. The molecule has 0 aromatic carbocycles. The quantitative estimate of drug-likeness (QED) is 0.870. The van der Waals surface area contributed by atoms with Gasteiger partial charge in [-0.25, -0.2) is 4.98 Å². The molecule has 3 heteroatoms. The average molecular weight is 238 g/mol. The van der Waals surface area contributed by atoms with Crippen LogP contribution in [0.5, 0.6) is 0 Å². The zero-order valence-corrected chi connectivity index (χ0v) is 11.6. The van der Waals surface area contributed by atoms with Gasteiger partial charge in [0.1, 0.15) is 5.01 Å². The predicted molar refractivity (Wildman–Crippen MR) is 69.9 cm³/mol. The Labute approximate surface area is 102 Å². The van der Waals surface area contributed by atoms with Gasteiger partial charge in [0, 0.05) is 23.9 Å². The van der Waals surface area contributed by atoms with Crippen LogP contribution >= 0.6 is 11.3 Å². The summed E-state index contributed by atoms with van der Waals surface area (Å²) in [6.07, 6.45) is 2.76. The van der Waals surface area contributed by atoms with Crippen LogP contribution in [0.1, 0.15) is 51.2 Å².